The molecule has 1 N–H and O–H groups in total. The first-order valence-corrected chi connectivity index (χ1v) is 6.48. The smallest absolute Gasteiger partial charge is 0.134 e. The van der Waals surface area contributed by atoms with Crippen molar-refractivity contribution < 1.29 is 9.50 Å². The highest BCUT2D eigenvalue weighted by Gasteiger charge is 2.13. The molecular weight excluding hydrogens is 261 g/mol. The maximum absolute atomic E-state index is 13.6. The van der Waals surface area contributed by atoms with Crippen LogP contribution in [0.15, 0.2) is 23.6 Å². The van der Waals surface area contributed by atoms with Crippen molar-refractivity contribution in [2.75, 3.05) is 6.61 Å². The molecule has 2 rings (SSSR count). The molecule has 0 fully saturated rings. The van der Waals surface area contributed by atoms with Crippen LogP contribution in [-0.2, 0) is 6.42 Å². The molecule has 17 heavy (non-hydrogen) atoms. The van der Waals surface area contributed by atoms with Gasteiger partial charge in [0.1, 0.15) is 10.8 Å². The predicted octanol–water partition coefficient (Wildman–Crippen LogP) is 3.53. The molecule has 2 aromatic rings. The number of nitrogens with zero attached hydrogens (tertiary/aromatic N) is 1. The Morgan fingerprint density at radius 3 is 2.94 bits per heavy atom. The summed E-state index contributed by atoms with van der Waals surface area (Å²) in [5.74, 6) is -0.361. The van der Waals surface area contributed by atoms with E-state index < -0.39 is 0 Å². The van der Waals surface area contributed by atoms with Crippen LogP contribution in [0.1, 0.15) is 12.1 Å². The van der Waals surface area contributed by atoms with Gasteiger partial charge in [0.25, 0.3) is 0 Å². The number of aromatic nitrogens is 1. The first kappa shape index (κ1) is 12.5. The Morgan fingerprint density at radius 1 is 1.41 bits per heavy atom. The van der Waals surface area contributed by atoms with E-state index in [9.17, 15) is 4.39 Å². The van der Waals surface area contributed by atoms with Gasteiger partial charge in [-0.05, 0) is 25.0 Å². The summed E-state index contributed by atoms with van der Waals surface area (Å²) < 4.78 is 13.6. The number of halogens is 2. The average Bonchev–Trinajstić information content (AvgIpc) is 2.75. The van der Waals surface area contributed by atoms with E-state index in [1.807, 2.05) is 5.38 Å². The normalized spacial score (nSPS) is 10.8. The van der Waals surface area contributed by atoms with E-state index in [0.717, 1.165) is 5.69 Å². The van der Waals surface area contributed by atoms with Crippen molar-refractivity contribution in [3.05, 3.63) is 40.1 Å². The highest BCUT2D eigenvalue weighted by atomic mass is 35.5. The SMILES string of the molecule is OCCCc1csc(-c2c(F)cccc2Cl)n1. The first-order valence-electron chi connectivity index (χ1n) is 5.22. The molecule has 0 aliphatic heterocycles. The Morgan fingerprint density at radius 2 is 2.24 bits per heavy atom. The monoisotopic (exact) mass is 271 g/mol. The number of rotatable bonds is 4. The highest BCUT2D eigenvalue weighted by Crippen LogP contribution is 2.32. The van der Waals surface area contributed by atoms with Gasteiger partial charge in [-0.25, -0.2) is 9.37 Å². The number of hydrogen-bond donors (Lipinski definition) is 1. The Bertz CT molecular complexity index is 495. The minimum absolute atomic E-state index is 0.132. The number of aliphatic hydroxyl groups is 1. The zero-order valence-corrected chi connectivity index (χ0v) is 10.6. The van der Waals surface area contributed by atoms with E-state index >= 15 is 0 Å². The van der Waals surface area contributed by atoms with Crippen LogP contribution in [0.5, 0.6) is 0 Å². The van der Waals surface area contributed by atoms with Gasteiger partial charge >= 0.3 is 0 Å². The standard InChI is InChI=1S/C12H11ClFNOS/c13-9-4-1-5-10(14)11(9)12-15-8(7-17-12)3-2-6-16/h1,4-5,7,16H,2-3,6H2. The lowest BCUT2D eigenvalue weighted by Crippen LogP contribution is -1.90. The number of aryl methyl sites for hydroxylation is 1. The molecular formula is C12H11ClFNOS. The Labute approximate surface area is 108 Å². The van der Waals surface area contributed by atoms with Gasteiger partial charge in [0.2, 0.25) is 0 Å². The maximum Gasteiger partial charge on any atom is 0.134 e. The molecule has 1 aromatic heterocycles. The van der Waals surface area contributed by atoms with Gasteiger partial charge < -0.3 is 5.11 Å². The van der Waals surface area contributed by atoms with E-state index in [2.05, 4.69) is 4.98 Å². The molecule has 0 saturated carbocycles. The second-order valence-corrected chi connectivity index (χ2v) is 4.83. The molecule has 90 valence electrons. The molecule has 0 aliphatic carbocycles. The Hall–Kier alpha value is -0.970. The van der Waals surface area contributed by atoms with Gasteiger partial charge in [0.05, 0.1) is 16.3 Å². The van der Waals surface area contributed by atoms with E-state index in [4.69, 9.17) is 16.7 Å². The molecule has 0 bridgehead atoms. The van der Waals surface area contributed by atoms with E-state index in [-0.39, 0.29) is 12.4 Å². The summed E-state index contributed by atoms with van der Waals surface area (Å²) in [4.78, 5) is 4.32. The highest BCUT2D eigenvalue weighted by molar-refractivity contribution is 7.13. The number of hydrogen-bond acceptors (Lipinski definition) is 3. The summed E-state index contributed by atoms with van der Waals surface area (Å²) in [5, 5.41) is 11.6. The van der Waals surface area contributed by atoms with Crippen molar-refractivity contribution in [3.8, 4) is 10.6 Å². The van der Waals surface area contributed by atoms with Gasteiger partial charge in [-0.3, -0.25) is 0 Å². The Kier molecular flexibility index (Phi) is 4.10. The fourth-order valence-corrected chi connectivity index (χ4v) is 2.72. The van der Waals surface area contributed by atoms with Crippen LogP contribution in [-0.4, -0.2) is 16.7 Å². The number of thiazole rings is 1. The van der Waals surface area contributed by atoms with Crippen molar-refractivity contribution in [1.29, 1.82) is 0 Å². The van der Waals surface area contributed by atoms with Crippen LogP contribution >= 0.6 is 22.9 Å². The third-order valence-corrected chi connectivity index (χ3v) is 3.54. The lowest BCUT2D eigenvalue weighted by atomic mass is 10.2. The maximum atomic E-state index is 13.6. The van der Waals surface area contributed by atoms with Gasteiger partial charge in [-0.1, -0.05) is 17.7 Å². The molecule has 0 unspecified atom stereocenters. The van der Waals surface area contributed by atoms with E-state index in [1.54, 1.807) is 12.1 Å². The second-order valence-electron chi connectivity index (χ2n) is 3.57. The molecule has 0 saturated heterocycles. The van der Waals surface area contributed by atoms with Crippen molar-refractivity contribution in [2.45, 2.75) is 12.8 Å². The van der Waals surface area contributed by atoms with Gasteiger partial charge in [0.15, 0.2) is 0 Å². The van der Waals surface area contributed by atoms with E-state index in [1.165, 1.54) is 17.4 Å². The van der Waals surface area contributed by atoms with Crippen LogP contribution in [0.2, 0.25) is 5.02 Å². The van der Waals surface area contributed by atoms with Crippen LogP contribution in [0.4, 0.5) is 4.39 Å². The molecule has 0 amide bonds. The average molecular weight is 272 g/mol. The molecule has 0 radical (unpaired) electrons. The molecule has 1 heterocycles. The predicted molar refractivity (Wildman–Crippen MR) is 67.9 cm³/mol. The van der Waals surface area contributed by atoms with Gasteiger partial charge in [-0.15, -0.1) is 11.3 Å². The molecule has 0 atom stereocenters. The third kappa shape index (κ3) is 2.83. The minimum Gasteiger partial charge on any atom is -0.396 e. The summed E-state index contributed by atoms with van der Waals surface area (Å²) in [6.45, 7) is 0.132. The van der Waals surface area contributed by atoms with Gasteiger partial charge in [0, 0.05) is 12.0 Å². The zero-order chi connectivity index (χ0) is 12.3. The van der Waals surface area contributed by atoms with Crippen molar-refractivity contribution in [2.24, 2.45) is 0 Å². The van der Waals surface area contributed by atoms with Gasteiger partial charge in [-0.2, -0.15) is 0 Å². The summed E-state index contributed by atoms with van der Waals surface area (Å²) in [7, 11) is 0. The first-order chi connectivity index (χ1) is 8.22. The largest absolute Gasteiger partial charge is 0.396 e. The topological polar surface area (TPSA) is 33.1 Å². The lowest BCUT2D eigenvalue weighted by Gasteiger charge is -2.01. The van der Waals surface area contributed by atoms with Crippen molar-refractivity contribution in [1.82, 2.24) is 4.98 Å². The van der Waals surface area contributed by atoms with Crippen LogP contribution in [0, 0.1) is 5.82 Å². The molecule has 1 aromatic carbocycles. The van der Waals surface area contributed by atoms with E-state index in [0.29, 0.717) is 28.4 Å². The summed E-state index contributed by atoms with van der Waals surface area (Å²) >= 11 is 7.33. The van der Waals surface area contributed by atoms with Crippen LogP contribution in [0.3, 0.4) is 0 Å². The fourth-order valence-electron chi connectivity index (χ4n) is 1.50. The molecule has 0 aliphatic rings. The second kappa shape index (κ2) is 5.58. The van der Waals surface area contributed by atoms with Crippen LogP contribution < -0.4 is 0 Å². The summed E-state index contributed by atoms with van der Waals surface area (Å²) in [6, 6.07) is 4.59. The quantitative estimate of drug-likeness (QED) is 0.923. The zero-order valence-electron chi connectivity index (χ0n) is 8.99. The minimum atomic E-state index is -0.361. The summed E-state index contributed by atoms with van der Waals surface area (Å²) in [5.41, 5.74) is 1.22. The van der Waals surface area contributed by atoms with Crippen molar-refractivity contribution in [3.63, 3.8) is 0 Å². The lowest BCUT2D eigenvalue weighted by molar-refractivity contribution is 0.288. The summed E-state index contributed by atoms with van der Waals surface area (Å²) in [6.07, 6.45) is 1.35. The Balaban J connectivity index is 2.30. The number of aliphatic hydroxyl groups excluding tert-OH is 1. The fraction of sp³-hybridized carbons (Fsp3) is 0.250. The van der Waals surface area contributed by atoms with Crippen LogP contribution in [0.25, 0.3) is 10.6 Å². The van der Waals surface area contributed by atoms with Crippen molar-refractivity contribution >= 4 is 22.9 Å². The molecule has 0 spiro atoms. The third-order valence-electron chi connectivity index (χ3n) is 2.32. The molecule has 2 nitrogen and oxygen atoms in total. The number of benzene rings is 1. The molecule has 5 heteroatoms.